The largest absolute Gasteiger partial charge is 0.309 e. The van der Waals surface area contributed by atoms with Crippen molar-refractivity contribution in [2.45, 2.75) is 31.1 Å². The first-order valence-electron chi connectivity index (χ1n) is 6.85. The van der Waals surface area contributed by atoms with Crippen molar-refractivity contribution < 1.29 is 0 Å². The maximum absolute atomic E-state index is 3.80. The molecule has 2 unspecified atom stereocenters. The number of fused-ring (bicyclic) bond motifs is 1. The van der Waals surface area contributed by atoms with Gasteiger partial charge in [-0.25, -0.2) is 0 Å². The van der Waals surface area contributed by atoms with Crippen molar-refractivity contribution in [3.63, 3.8) is 0 Å². The summed E-state index contributed by atoms with van der Waals surface area (Å²) in [6.45, 7) is 3.37. The van der Waals surface area contributed by atoms with E-state index in [1.165, 1.54) is 42.2 Å². The highest BCUT2D eigenvalue weighted by atomic mass is 32.2. The van der Waals surface area contributed by atoms with Crippen LogP contribution >= 0.6 is 23.5 Å². The summed E-state index contributed by atoms with van der Waals surface area (Å²) < 4.78 is 0. The predicted octanol–water partition coefficient (Wildman–Crippen LogP) is 3.42. The van der Waals surface area contributed by atoms with E-state index in [-0.39, 0.29) is 0 Å². The molecule has 1 aromatic carbocycles. The molecule has 0 aromatic heterocycles. The zero-order valence-corrected chi connectivity index (χ0v) is 12.6. The van der Waals surface area contributed by atoms with Crippen molar-refractivity contribution in [1.29, 1.82) is 0 Å². The van der Waals surface area contributed by atoms with E-state index in [1.807, 2.05) is 0 Å². The molecule has 2 atom stereocenters. The van der Waals surface area contributed by atoms with Gasteiger partial charge in [-0.2, -0.15) is 23.5 Å². The maximum Gasteiger partial charge on any atom is 0.0326 e. The molecule has 1 fully saturated rings. The third-order valence-corrected chi connectivity index (χ3v) is 6.70. The van der Waals surface area contributed by atoms with E-state index in [1.54, 1.807) is 11.1 Å². The fourth-order valence-electron chi connectivity index (χ4n) is 2.86. The zero-order chi connectivity index (χ0) is 12.4. The number of benzene rings is 1. The van der Waals surface area contributed by atoms with Gasteiger partial charge in [0.25, 0.3) is 0 Å². The van der Waals surface area contributed by atoms with Gasteiger partial charge in [-0.3, -0.25) is 0 Å². The van der Waals surface area contributed by atoms with Crippen LogP contribution in [0.25, 0.3) is 0 Å². The van der Waals surface area contributed by atoms with Crippen molar-refractivity contribution in [3.05, 3.63) is 34.9 Å². The summed E-state index contributed by atoms with van der Waals surface area (Å²) in [6.07, 6.45) is 2.53. The molecule has 0 spiro atoms. The van der Waals surface area contributed by atoms with E-state index in [0.29, 0.717) is 6.04 Å². The van der Waals surface area contributed by atoms with Gasteiger partial charge in [-0.15, -0.1) is 0 Å². The molecular weight excluding hydrogens is 258 g/mol. The molecule has 3 rings (SSSR count). The molecule has 1 aromatic rings. The Morgan fingerprint density at radius 3 is 3.11 bits per heavy atom. The normalized spacial score (nSPS) is 27.2. The molecule has 1 saturated heterocycles. The van der Waals surface area contributed by atoms with Crippen molar-refractivity contribution in [3.8, 4) is 0 Å². The standard InChI is InChI=1S/C15H21NS2/c1-11-2-3-12-4-5-15(14(12)8-11)16-9-13-10-17-6-7-18-13/h2-3,8,13,15-16H,4-7,9-10H2,1H3. The first kappa shape index (κ1) is 12.9. The summed E-state index contributed by atoms with van der Waals surface area (Å²) in [5.74, 6) is 4.00. The fraction of sp³-hybridized carbons (Fsp3) is 0.600. The third-order valence-electron chi connectivity index (χ3n) is 3.86. The molecule has 2 aliphatic rings. The van der Waals surface area contributed by atoms with E-state index in [9.17, 15) is 0 Å². The number of aryl methyl sites for hydroxylation is 2. The SMILES string of the molecule is Cc1ccc2c(c1)C(NCC1CSCCS1)CC2. The van der Waals surface area contributed by atoms with Crippen molar-refractivity contribution in [2.75, 3.05) is 23.8 Å². The van der Waals surface area contributed by atoms with Gasteiger partial charge in [-0.1, -0.05) is 23.8 Å². The molecule has 0 saturated carbocycles. The second-order valence-corrected chi connectivity index (χ2v) is 7.83. The highest BCUT2D eigenvalue weighted by Gasteiger charge is 2.23. The van der Waals surface area contributed by atoms with Crippen LogP contribution in [0.15, 0.2) is 18.2 Å². The lowest BCUT2D eigenvalue weighted by molar-refractivity contribution is 0.534. The Balaban J connectivity index is 1.60. The molecule has 1 aliphatic heterocycles. The Hall–Kier alpha value is -0.120. The molecule has 0 amide bonds. The Bertz CT molecular complexity index is 413. The molecule has 0 radical (unpaired) electrons. The van der Waals surface area contributed by atoms with Crippen molar-refractivity contribution in [2.24, 2.45) is 0 Å². The first-order chi connectivity index (χ1) is 8.83. The number of thioether (sulfide) groups is 2. The predicted molar refractivity (Wildman–Crippen MR) is 83.8 cm³/mol. The Labute approximate surface area is 119 Å². The minimum Gasteiger partial charge on any atom is -0.309 e. The van der Waals surface area contributed by atoms with Crippen LogP contribution in [0.3, 0.4) is 0 Å². The average Bonchev–Trinajstić information content (AvgIpc) is 2.80. The molecule has 1 nitrogen and oxygen atoms in total. The van der Waals surface area contributed by atoms with Crippen LogP contribution < -0.4 is 5.32 Å². The van der Waals surface area contributed by atoms with Gasteiger partial charge in [0.1, 0.15) is 0 Å². The molecule has 1 heterocycles. The highest BCUT2D eigenvalue weighted by molar-refractivity contribution is 8.06. The summed E-state index contributed by atoms with van der Waals surface area (Å²) >= 11 is 4.26. The van der Waals surface area contributed by atoms with Crippen molar-refractivity contribution >= 4 is 23.5 Å². The number of hydrogen-bond acceptors (Lipinski definition) is 3. The molecule has 1 aliphatic carbocycles. The Kier molecular flexibility index (Phi) is 4.22. The Morgan fingerprint density at radius 2 is 2.28 bits per heavy atom. The molecular formula is C15H21NS2. The van der Waals surface area contributed by atoms with Crippen LogP contribution in [0.2, 0.25) is 0 Å². The van der Waals surface area contributed by atoms with Gasteiger partial charge < -0.3 is 5.32 Å². The maximum atomic E-state index is 3.80. The van der Waals surface area contributed by atoms with Crippen molar-refractivity contribution in [1.82, 2.24) is 5.32 Å². The van der Waals surface area contributed by atoms with Crippen LogP contribution in [-0.2, 0) is 6.42 Å². The monoisotopic (exact) mass is 279 g/mol. The van der Waals surface area contributed by atoms with Gasteiger partial charge in [0.05, 0.1) is 0 Å². The zero-order valence-electron chi connectivity index (χ0n) is 10.9. The van der Waals surface area contributed by atoms with E-state index in [2.05, 4.69) is 54.0 Å². The average molecular weight is 279 g/mol. The third kappa shape index (κ3) is 2.89. The Morgan fingerprint density at radius 1 is 1.33 bits per heavy atom. The summed E-state index contributed by atoms with van der Waals surface area (Å²) in [6, 6.07) is 7.54. The summed E-state index contributed by atoms with van der Waals surface area (Å²) in [5.41, 5.74) is 4.51. The van der Waals surface area contributed by atoms with Crippen LogP contribution in [0.5, 0.6) is 0 Å². The molecule has 18 heavy (non-hydrogen) atoms. The first-order valence-corrected chi connectivity index (χ1v) is 9.05. The molecule has 3 heteroatoms. The van der Waals surface area contributed by atoms with E-state index >= 15 is 0 Å². The van der Waals surface area contributed by atoms with Gasteiger partial charge in [-0.05, 0) is 30.9 Å². The minimum absolute atomic E-state index is 0.604. The van der Waals surface area contributed by atoms with E-state index in [0.717, 1.165) is 5.25 Å². The van der Waals surface area contributed by atoms with Crippen LogP contribution in [-0.4, -0.2) is 29.1 Å². The van der Waals surface area contributed by atoms with E-state index in [4.69, 9.17) is 0 Å². The lowest BCUT2D eigenvalue weighted by Crippen LogP contribution is -2.31. The lowest BCUT2D eigenvalue weighted by atomic mass is 10.1. The quantitative estimate of drug-likeness (QED) is 0.910. The highest BCUT2D eigenvalue weighted by Crippen LogP contribution is 2.32. The number of rotatable bonds is 3. The van der Waals surface area contributed by atoms with Gasteiger partial charge in [0.2, 0.25) is 0 Å². The fourth-order valence-corrected chi connectivity index (χ4v) is 5.49. The number of hydrogen-bond donors (Lipinski definition) is 1. The molecule has 98 valence electrons. The molecule has 1 N–H and O–H groups in total. The summed E-state index contributed by atoms with van der Waals surface area (Å²) in [5, 5.41) is 4.62. The van der Waals surface area contributed by atoms with Crippen LogP contribution in [0.1, 0.15) is 29.2 Å². The topological polar surface area (TPSA) is 12.0 Å². The van der Waals surface area contributed by atoms with Gasteiger partial charge in [0.15, 0.2) is 0 Å². The van der Waals surface area contributed by atoms with Crippen LogP contribution in [0, 0.1) is 6.92 Å². The van der Waals surface area contributed by atoms with Gasteiger partial charge in [0, 0.05) is 35.1 Å². The second kappa shape index (κ2) is 5.89. The lowest BCUT2D eigenvalue weighted by Gasteiger charge is -2.23. The van der Waals surface area contributed by atoms with Crippen LogP contribution in [0.4, 0.5) is 0 Å². The minimum atomic E-state index is 0.604. The number of nitrogens with one attached hydrogen (secondary N) is 1. The summed E-state index contributed by atoms with van der Waals surface area (Å²) in [7, 11) is 0. The second-order valence-electron chi connectivity index (χ2n) is 5.27. The van der Waals surface area contributed by atoms with E-state index < -0.39 is 0 Å². The molecule has 0 bridgehead atoms. The smallest absolute Gasteiger partial charge is 0.0326 e. The summed E-state index contributed by atoms with van der Waals surface area (Å²) in [4.78, 5) is 0. The van der Waals surface area contributed by atoms with Gasteiger partial charge >= 0.3 is 0 Å².